The van der Waals surface area contributed by atoms with E-state index in [0.717, 1.165) is 12.1 Å². The lowest BCUT2D eigenvalue weighted by molar-refractivity contribution is 0.233. The number of methoxy groups -OCH3 is 1. The molecule has 0 spiro atoms. The van der Waals surface area contributed by atoms with Crippen molar-refractivity contribution in [3.63, 3.8) is 0 Å². The molecule has 0 aliphatic carbocycles. The van der Waals surface area contributed by atoms with Gasteiger partial charge in [-0.05, 0) is 23.6 Å². The number of aliphatic hydroxyl groups excluding tert-OH is 1. The van der Waals surface area contributed by atoms with Crippen molar-refractivity contribution in [2.75, 3.05) is 20.3 Å². The minimum atomic E-state index is 0.0188. The fourth-order valence-corrected chi connectivity index (χ4v) is 1.64. The Bertz CT molecular complexity index is 435. The van der Waals surface area contributed by atoms with Crippen molar-refractivity contribution in [2.45, 2.75) is 13.5 Å². The van der Waals surface area contributed by atoms with Crippen LogP contribution in [0, 0.1) is 5.92 Å². The number of hydrogen-bond donors (Lipinski definition) is 4. The summed E-state index contributed by atoms with van der Waals surface area (Å²) in [7, 11) is 1.54. The summed E-state index contributed by atoms with van der Waals surface area (Å²) in [5, 5.41) is 23.8. The first-order valence-corrected chi connectivity index (χ1v) is 6.08. The van der Waals surface area contributed by atoms with E-state index in [1.54, 1.807) is 6.07 Å². The van der Waals surface area contributed by atoms with Crippen molar-refractivity contribution in [3.8, 4) is 5.75 Å². The molecule has 1 atom stereocenters. The van der Waals surface area contributed by atoms with E-state index in [1.165, 1.54) is 7.11 Å². The molecule has 6 heteroatoms. The van der Waals surface area contributed by atoms with Crippen LogP contribution in [-0.4, -0.2) is 36.4 Å². The number of amidine groups is 1. The molecule has 1 aromatic carbocycles. The molecule has 0 aliphatic heterocycles. The molecular weight excluding hydrogens is 246 g/mol. The van der Waals surface area contributed by atoms with Crippen LogP contribution in [0.3, 0.4) is 0 Å². The van der Waals surface area contributed by atoms with Gasteiger partial charge >= 0.3 is 0 Å². The molecule has 0 aromatic heterocycles. The molecule has 1 rings (SSSR count). The third-order valence-electron chi connectivity index (χ3n) is 2.78. The molecule has 0 saturated carbocycles. The monoisotopic (exact) mass is 267 g/mol. The van der Waals surface area contributed by atoms with Gasteiger partial charge in [-0.3, -0.25) is 0 Å². The van der Waals surface area contributed by atoms with Gasteiger partial charge in [0.2, 0.25) is 0 Å². The van der Waals surface area contributed by atoms with Gasteiger partial charge in [0.05, 0.1) is 12.7 Å². The van der Waals surface area contributed by atoms with Crippen LogP contribution in [0.1, 0.15) is 18.1 Å². The largest absolute Gasteiger partial charge is 0.496 e. The molecule has 6 nitrogen and oxygen atoms in total. The number of nitrogens with one attached hydrogen (secondary N) is 1. The first kappa shape index (κ1) is 15.3. The van der Waals surface area contributed by atoms with Crippen LogP contribution in [0.5, 0.6) is 5.75 Å². The molecule has 1 aromatic rings. The van der Waals surface area contributed by atoms with E-state index >= 15 is 0 Å². The standard InChI is InChI=1S/C13H21N3O3/c1-9(8-17)6-15-7-10-3-4-11(13(14)16-18)12(5-10)19-2/h3-5,9,15,17-18H,6-8H2,1-2H3,(H2,14,16). The van der Waals surface area contributed by atoms with Gasteiger partial charge in [-0.2, -0.15) is 0 Å². The number of ether oxygens (including phenoxy) is 1. The lowest BCUT2D eigenvalue weighted by atomic mass is 10.1. The fraction of sp³-hybridized carbons (Fsp3) is 0.462. The molecule has 5 N–H and O–H groups in total. The summed E-state index contributed by atoms with van der Waals surface area (Å²) in [6, 6.07) is 5.47. The van der Waals surface area contributed by atoms with Crippen LogP contribution >= 0.6 is 0 Å². The van der Waals surface area contributed by atoms with Crippen molar-refractivity contribution in [3.05, 3.63) is 29.3 Å². The van der Waals surface area contributed by atoms with Gasteiger partial charge in [0.1, 0.15) is 5.75 Å². The van der Waals surface area contributed by atoms with Gasteiger partial charge < -0.3 is 26.1 Å². The van der Waals surface area contributed by atoms with Crippen LogP contribution in [0.2, 0.25) is 0 Å². The van der Waals surface area contributed by atoms with Crippen molar-refractivity contribution in [1.82, 2.24) is 5.32 Å². The number of hydrogen-bond acceptors (Lipinski definition) is 5. The van der Waals surface area contributed by atoms with E-state index < -0.39 is 0 Å². The summed E-state index contributed by atoms with van der Waals surface area (Å²) >= 11 is 0. The van der Waals surface area contributed by atoms with Crippen molar-refractivity contribution >= 4 is 5.84 Å². The predicted octanol–water partition coefficient (Wildman–Crippen LogP) is 0.508. The summed E-state index contributed by atoms with van der Waals surface area (Å²) in [5.74, 6) is 0.799. The van der Waals surface area contributed by atoms with E-state index in [0.29, 0.717) is 17.9 Å². The van der Waals surface area contributed by atoms with Gasteiger partial charge in [0, 0.05) is 19.7 Å². The van der Waals surface area contributed by atoms with E-state index in [2.05, 4.69) is 10.5 Å². The Hall–Kier alpha value is -1.79. The Balaban J connectivity index is 2.72. The maximum atomic E-state index is 8.93. The molecule has 0 saturated heterocycles. The lowest BCUT2D eigenvalue weighted by Gasteiger charge is -2.12. The zero-order valence-electron chi connectivity index (χ0n) is 11.3. The topological polar surface area (TPSA) is 100 Å². The minimum absolute atomic E-state index is 0.0188. The molecule has 19 heavy (non-hydrogen) atoms. The Labute approximate surface area is 112 Å². The SMILES string of the molecule is COc1cc(CNCC(C)CO)ccc1/C(N)=N/O. The molecule has 0 radical (unpaired) electrons. The predicted molar refractivity (Wildman–Crippen MR) is 73.5 cm³/mol. The summed E-state index contributed by atoms with van der Waals surface area (Å²) in [5.41, 5.74) is 7.13. The Morgan fingerprint density at radius 2 is 2.26 bits per heavy atom. The Kier molecular flexibility index (Phi) is 6.11. The molecule has 1 unspecified atom stereocenters. The average Bonchev–Trinajstić information content (AvgIpc) is 2.45. The third-order valence-corrected chi connectivity index (χ3v) is 2.78. The fourth-order valence-electron chi connectivity index (χ4n) is 1.64. The molecule has 0 heterocycles. The van der Waals surface area contributed by atoms with Gasteiger partial charge in [-0.1, -0.05) is 18.1 Å². The Morgan fingerprint density at radius 3 is 2.84 bits per heavy atom. The molecule has 0 fully saturated rings. The normalized spacial score (nSPS) is 13.3. The second-order valence-electron chi connectivity index (χ2n) is 4.44. The van der Waals surface area contributed by atoms with Crippen molar-refractivity contribution < 1.29 is 15.1 Å². The second-order valence-corrected chi connectivity index (χ2v) is 4.44. The number of rotatable bonds is 7. The van der Waals surface area contributed by atoms with Crippen molar-refractivity contribution in [1.29, 1.82) is 0 Å². The van der Waals surface area contributed by atoms with E-state index in [4.69, 9.17) is 20.8 Å². The van der Waals surface area contributed by atoms with Gasteiger partial charge in [-0.25, -0.2) is 0 Å². The van der Waals surface area contributed by atoms with E-state index in [-0.39, 0.29) is 18.4 Å². The number of aliphatic hydroxyl groups is 1. The van der Waals surface area contributed by atoms with Crippen molar-refractivity contribution in [2.24, 2.45) is 16.8 Å². The summed E-state index contributed by atoms with van der Waals surface area (Å²) in [6.45, 7) is 3.53. The van der Waals surface area contributed by atoms with Crippen LogP contribution in [-0.2, 0) is 6.54 Å². The van der Waals surface area contributed by atoms with Gasteiger partial charge in [-0.15, -0.1) is 0 Å². The van der Waals surface area contributed by atoms with Crippen LogP contribution in [0.25, 0.3) is 0 Å². The zero-order valence-corrected chi connectivity index (χ0v) is 11.3. The maximum Gasteiger partial charge on any atom is 0.173 e. The number of benzene rings is 1. The van der Waals surface area contributed by atoms with E-state index in [9.17, 15) is 0 Å². The zero-order chi connectivity index (χ0) is 14.3. The number of oxime groups is 1. The minimum Gasteiger partial charge on any atom is -0.496 e. The summed E-state index contributed by atoms with van der Waals surface area (Å²) in [6.07, 6.45) is 0. The smallest absolute Gasteiger partial charge is 0.173 e. The van der Waals surface area contributed by atoms with Crippen LogP contribution in [0.4, 0.5) is 0 Å². The van der Waals surface area contributed by atoms with Gasteiger partial charge in [0.25, 0.3) is 0 Å². The average molecular weight is 267 g/mol. The second kappa shape index (κ2) is 7.60. The molecule has 106 valence electrons. The van der Waals surface area contributed by atoms with Crippen LogP contribution < -0.4 is 15.8 Å². The highest BCUT2D eigenvalue weighted by atomic mass is 16.5. The molecule has 0 bridgehead atoms. The quantitative estimate of drug-likeness (QED) is 0.249. The number of nitrogens with zero attached hydrogens (tertiary/aromatic N) is 1. The van der Waals surface area contributed by atoms with Gasteiger partial charge in [0.15, 0.2) is 5.84 Å². The summed E-state index contributed by atoms with van der Waals surface area (Å²) in [4.78, 5) is 0. The maximum absolute atomic E-state index is 8.93. The number of nitrogens with two attached hydrogens (primary N) is 1. The highest BCUT2D eigenvalue weighted by Gasteiger charge is 2.08. The first-order chi connectivity index (χ1) is 9.12. The van der Waals surface area contributed by atoms with Crippen LogP contribution in [0.15, 0.2) is 23.4 Å². The highest BCUT2D eigenvalue weighted by Crippen LogP contribution is 2.20. The summed E-state index contributed by atoms with van der Waals surface area (Å²) < 4.78 is 5.22. The molecule has 0 aliphatic rings. The highest BCUT2D eigenvalue weighted by molar-refractivity contribution is 5.99. The first-order valence-electron chi connectivity index (χ1n) is 6.08. The molecular formula is C13H21N3O3. The third kappa shape index (κ3) is 4.42. The lowest BCUT2D eigenvalue weighted by Crippen LogP contribution is -2.23. The van der Waals surface area contributed by atoms with E-state index in [1.807, 2.05) is 19.1 Å². The molecule has 0 amide bonds. The Morgan fingerprint density at radius 1 is 1.53 bits per heavy atom.